The van der Waals surface area contributed by atoms with Crippen LogP contribution in [-0.2, 0) is 6.54 Å². The van der Waals surface area contributed by atoms with Crippen molar-refractivity contribution in [1.29, 1.82) is 0 Å². The third kappa shape index (κ3) is 3.94. The fourth-order valence-electron chi connectivity index (χ4n) is 3.26. The lowest BCUT2D eigenvalue weighted by molar-refractivity contribution is 0.102. The van der Waals surface area contributed by atoms with E-state index in [0.717, 1.165) is 22.2 Å². The molecule has 0 saturated heterocycles. The maximum absolute atomic E-state index is 12.6. The lowest BCUT2D eigenvalue weighted by atomic mass is 10.1. The van der Waals surface area contributed by atoms with Crippen molar-refractivity contribution in [3.05, 3.63) is 106 Å². The summed E-state index contributed by atoms with van der Waals surface area (Å²) >= 11 is 0. The first-order valence-corrected chi connectivity index (χ1v) is 9.44. The quantitative estimate of drug-likeness (QED) is 0.571. The van der Waals surface area contributed by atoms with E-state index in [4.69, 9.17) is 0 Å². The van der Waals surface area contributed by atoms with Gasteiger partial charge in [-0.3, -0.25) is 9.59 Å². The Bertz CT molecular complexity index is 1240. The molecule has 0 atom stereocenters. The number of carbonyl (C=O) groups excluding carboxylic acids is 1. The summed E-state index contributed by atoms with van der Waals surface area (Å²) in [7, 11) is 0. The van der Waals surface area contributed by atoms with Crippen LogP contribution >= 0.6 is 0 Å². The van der Waals surface area contributed by atoms with Gasteiger partial charge in [0.15, 0.2) is 0 Å². The van der Waals surface area contributed by atoms with E-state index in [1.54, 1.807) is 11.5 Å². The molecule has 29 heavy (non-hydrogen) atoms. The van der Waals surface area contributed by atoms with Crippen molar-refractivity contribution in [2.24, 2.45) is 0 Å². The van der Waals surface area contributed by atoms with Gasteiger partial charge < -0.3 is 9.88 Å². The number of hydrogen-bond donors (Lipinski definition) is 1. The number of aromatic nitrogens is 2. The molecular weight excluding hydrogens is 362 g/mol. The van der Waals surface area contributed by atoms with Crippen LogP contribution in [0.3, 0.4) is 0 Å². The molecular formula is C24H21N3O2. The Morgan fingerprint density at radius 3 is 2.34 bits per heavy atom. The Morgan fingerprint density at radius 1 is 0.931 bits per heavy atom. The molecule has 4 rings (SSSR count). The van der Waals surface area contributed by atoms with Gasteiger partial charge in [0.05, 0.1) is 17.6 Å². The van der Waals surface area contributed by atoms with E-state index in [1.165, 1.54) is 0 Å². The van der Waals surface area contributed by atoms with Crippen LogP contribution in [-0.4, -0.2) is 15.5 Å². The summed E-state index contributed by atoms with van der Waals surface area (Å²) < 4.78 is 1.73. The second-order valence-corrected chi connectivity index (χ2v) is 7.09. The van der Waals surface area contributed by atoms with E-state index in [1.807, 2.05) is 79.7 Å². The number of benzene rings is 3. The second-order valence-electron chi connectivity index (χ2n) is 7.09. The molecule has 3 aromatic carbocycles. The van der Waals surface area contributed by atoms with Crippen LogP contribution < -0.4 is 10.9 Å². The normalized spacial score (nSPS) is 10.8. The molecule has 0 aliphatic rings. The fourth-order valence-corrected chi connectivity index (χ4v) is 3.26. The van der Waals surface area contributed by atoms with E-state index < -0.39 is 0 Å². The first-order chi connectivity index (χ1) is 14.0. The van der Waals surface area contributed by atoms with Gasteiger partial charge in [0.25, 0.3) is 11.5 Å². The molecule has 1 aromatic heterocycles. The minimum absolute atomic E-state index is 0.0968. The zero-order valence-corrected chi connectivity index (χ0v) is 16.3. The molecule has 0 saturated carbocycles. The largest absolute Gasteiger partial charge is 0.322 e. The van der Waals surface area contributed by atoms with Crippen LogP contribution in [0, 0.1) is 13.8 Å². The lowest BCUT2D eigenvalue weighted by Gasteiger charge is -2.12. The Labute approximate surface area is 168 Å². The number of rotatable bonds is 4. The van der Waals surface area contributed by atoms with Crippen molar-refractivity contribution in [3.8, 4) is 0 Å². The molecule has 0 spiro atoms. The van der Waals surface area contributed by atoms with E-state index in [2.05, 4.69) is 10.3 Å². The molecule has 0 aliphatic carbocycles. The van der Waals surface area contributed by atoms with E-state index in [9.17, 15) is 9.59 Å². The van der Waals surface area contributed by atoms with Crippen LogP contribution in [0.15, 0.2) is 77.6 Å². The predicted molar refractivity (Wildman–Crippen MR) is 115 cm³/mol. The van der Waals surface area contributed by atoms with Crippen molar-refractivity contribution in [2.75, 3.05) is 5.32 Å². The predicted octanol–water partition coefficient (Wildman–Crippen LogP) is 4.31. The van der Waals surface area contributed by atoms with E-state index in [0.29, 0.717) is 23.5 Å². The molecule has 0 unspecified atom stereocenters. The Balaban J connectivity index is 1.56. The molecule has 0 aliphatic heterocycles. The third-order valence-electron chi connectivity index (χ3n) is 4.88. The number of carbonyl (C=O) groups is 1. The van der Waals surface area contributed by atoms with Crippen molar-refractivity contribution in [2.45, 2.75) is 20.4 Å². The number of amides is 1. The fraction of sp³-hybridized carbons (Fsp3) is 0.125. The maximum atomic E-state index is 12.6. The third-order valence-corrected chi connectivity index (χ3v) is 4.88. The van der Waals surface area contributed by atoms with Gasteiger partial charge in [-0.05, 0) is 55.8 Å². The zero-order chi connectivity index (χ0) is 20.4. The van der Waals surface area contributed by atoms with Crippen LogP contribution in [0.5, 0.6) is 0 Å². The number of aryl methyl sites for hydroxylation is 2. The first-order valence-electron chi connectivity index (χ1n) is 9.44. The molecule has 0 radical (unpaired) electrons. The van der Waals surface area contributed by atoms with E-state index >= 15 is 0 Å². The van der Waals surface area contributed by atoms with Crippen molar-refractivity contribution in [1.82, 2.24) is 9.55 Å². The number of nitrogens with one attached hydrogen (secondary N) is 1. The number of para-hydroxylation sites is 2. The first kappa shape index (κ1) is 18.6. The van der Waals surface area contributed by atoms with Crippen molar-refractivity contribution < 1.29 is 4.79 Å². The standard InChI is InChI=1S/C24H21N3O2/c1-16-7-11-19(12-8-16)23(28)26-20-13-9-18(10-14-20)15-27-22-6-4-3-5-21(22)25-17(2)24(27)29/h3-14H,15H2,1-2H3,(H,26,28). The van der Waals surface area contributed by atoms with Gasteiger partial charge in [-0.15, -0.1) is 0 Å². The van der Waals surface area contributed by atoms with Gasteiger partial charge in [0.1, 0.15) is 5.69 Å². The number of nitrogens with zero attached hydrogens (tertiary/aromatic N) is 2. The zero-order valence-electron chi connectivity index (χ0n) is 16.3. The molecule has 5 nitrogen and oxygen atoms in total. The number of hydrogen-bond acceptors (Lipinski definition) is 3. The summed E-state index contributed by atoms with van der Waals surface area (Å²) in [6.07, 6.45) is 0. The minimum atomic E-state index is -0.148. The Morgan fingerprint density at radius 2 is 1.62 bits per heavy atom. The Hall–Kier alpha value is -3.73. The van der Waals surface area contributed by atoms with Crippen LogP contribution in [0.1, 0.15) is 27.2 Å². The SMILES string of the molecule is Cc1ccc(C(=O)Nc2ccc(Cn3c(=O)c(C)nc4ccccc43)cc2)cc1. The van der Waals surface area contributed by atoms with Crippen LogP contribution in [0.25, 0.3) is 11.0 Å². The summed E-state index contributed by atoms with van der Waals surface area (Å²) in [5.41, 5.74) is 5.39. The average Bonchev–Trinajstić information content (AvgIpc) is 2.73. The van der Waals surface area contributed by atoms with Crippen molar-refractivity contribution >= 4 is 22.6 Å². The minimum Gasteiger partial charge on any atom is -0.322 e. The average molecular weight is 383 g/mol. The van der Waals surface area contributed by atoms with Crippen LogP contribution in [0.4, 0.5) is 5.69 Å². The molecule has 1 amide bonds. The monoisotopic (exact) mass is 383 g/mol. The molecule has 5 heteroatoms. The topological polar surface area (TPSA) is 64.0 Å². The molecule has 4 aromatic rings. The summed E-state index contributed by atoms with van der Waals surface area (Å²) in [4.78, 5) is 29.4. The molecule has 1 N–H and O–H groups in total. The summed E-state index contributed by atoms with van der Waals surface area (Å²) in [6, 6.07) is 22.6. The van der Waals surface area contributed by atoms with Gasteiger partial charge in [0.2, 0.25) is 0 Å². The molecule has 144 valence electrons. The summed E-state index contributed by atoms with van der Waals surface area (Å²) in [6.45, 7) is 4.16. The van der Waals surface area contributed by atoms with Gasteiger partial charge in [-0.1, -0.05) is 42.0 Å². The Kier molecular flexibility index (Phi) is 4.96. The van der Waals surface area contributed by atoms with Crippen LogP contribution in [0.2, 0.25) is 0 Å². The lowest BCUT2D eigenvalue weighted by Crippen LogP contribution is -2.24. The molecule has 0 fully saturated rings. The molecule has 0 bridgehead atoms. The van der Waals surface area contributed by atoms with Gasteiger partial charge in [0, 0.05) is 11.3 Å². The van der Waals surface area contributed by atoms with Gasteiger partial charge in [-0.25, -0.2) is 4.98 Å². The number of fused-ring (bicyclic) bond motifs is 1. The summed E-state index contributed by atoms with van der Waals surface area (Å²) in [5, 5.41) is 2.90. The van der Waals surface area contributed by atoms with E-state index in [-0.39, 0.29) is 11.5 Å². The highest BCUT2D eigenvalue weighted by atomic mass is 16.1. The highest BCUT2D eigenvalue weighted by Crippen LogP contribution is 2.15. The second kappa shape index (κ2) is 7.72. The van der Waals surface area contributed by atoms with Crippen molar-refractivity contribution in [3.63, 3.8) is 0 Å². The highest BCUT2D eigenvalue weighted by Gasteiger charge is 2.09. The molecule has 1 heterocycles. The smallest absolute Gasteiger partial charge is 0.272 e. The van der Waals surface area contributed by atoms with Gasteiger partial charge >= 0.3 is 0 Å². The highest BCUT2D eigenvalue weighted by molar-refractivity contribution is 6.04. The van der Waals surface area contributed by atoms with Gasteiger partial charge in [-0.2, -0.15) is 0 Å². The summed E-state index contributed by atoms with van der Waals surface area (Å²) in [5.74, 6) is -0.148. The number of anilines is 1. The maximum Gasteiger partial charge on any atom is 0.272 e.